The summed E-state index contributed by atoms with van der Waals surface area (Å²) in [5, 5.41) is 19.3. The number of hydrogen-bond donors (Lipinski definition) is 2. The molecule has 2 N–H and O–H groups in total. The molecule has 3 aromatic rings. The number of carbonyl (C=O) groups excluding carboxylic acids is 4. The minimum Gasteiger partial charge on any atom is -0.331 e. The predicted octanol–water partition coefficient (Wildman–Crippen LogP) is 6.15. The van der Waals surface area contributed by atoms with Crippen molar-refractivity contribution in [2.24, 2.45) is 13.0 Å². The number of halogens is 6. The number of fused-ring (bicyclic) bond motifs is 1. The van der Waals surface area contributed by atoms with E-state index in [0.29, 0.717) is 48.9 Å². The number of benzene rings is 2. The van der Waals surface area contributed by atoms with E-state index in [4.69, 9.17) is 12.2 Å². The Morgan fingerprint density at radius 1 is 1.03 bits per heavy atom. The Bertz CT molecular complexity index is 2320. The lowest BCUT2D eigenvalue weighted by Gasteiger charge is -2.42. The molecule has 1 aromatic heterocycles. The molecule has 332 valence electrons. The quantitative estimate of drug-likeness (QED) is 0.179. The number of nitrogens with zero attached hydrogens (tertiary/aromatic N) is 8. The molecule has 3 saturated heterocycles. The topological polar surface area (TPSA) is 150 Å². The van der Waals surface area contributed by atoms with Gasteiger partial charge in [-0.1, -0.05) is 6.07 Å². The SMILES string of the molecule is Cn1nc(N2CCC(=O)NC2=O)c2cccc(NC(=O)CN3CCN(CCC[C@H]4CC[C@H](N5C(=S)N(c6ccc(C#N)c(C(F)(F)F)c6)C(=O)C5(C)C)CC4)C[C@@H]3C(F)(F)F)c21. The fourth-order valence-corrected chi connectivity index (χ4v) is 9.85. The molecular formula is C41H46F6N10O4S. The minimum atomic E-state index is -4.81. The molecule has 1 aliphatic carbocycles. The number of piperazine rings is 1. The maximum absolute atomic E-state index is 14.5. The van der Waals surface area contributed by atoms with Gasteiger partial charge in [-0.25, -0.2) is 4.79 Å². The van der Waals surface area contributed by atoms with Crippen LogP contribution < -0.4 is 20.4 Å². The second kappa shape index (κ2) is 17.1. The van der Waals surface area contributed by atoms with E-state index in [1.165, 1.54) is 15.6 Å². The molecule has 0 radical (unpaired) electrons. The Kier molecular flexibility index (Phi) is 12.3. The summed E-state index contributed by atoms with van der Waals surface area (Å²) in [6, 6.07) is 6.95. The van der Waals surface area contributed by atoms with Gasteiger partial charge in [0.05, 0.1) is 40.6 Å². The van der Waals surface area contributed by atoms with Crippen LogP contribution in [-0.2, 0) is 27.6 Å². The Labute approximate surface area is 358 Å². The second-order valence-corrected chi connectivity index (χ2v) is 17.2. The van der Waals surface area contributed by atoms with Crippen LogP contribution in [-0.4, -0.2) is 116 Å². The van der Waals surface area contributed by atoms with E-state index < -0.39 is 65.4 Å². The van der Waals surface area contributed by atoms with Crippen LogP contribution in [0.5, 0.6) is 0 Å². The minimum absolute atomic E-state index is 0.0206. The zero-order valence-corrected chi connectivity index (χ0v) is 35.1. The van der Waals surface area contributed by atoms with Crippen molar-refractivity contribution in [3.8, 4) is 6.07 Å². The summed E-state index contributed by atoms with van der Waals surface area (Å²) >= 11 is 5.72. The number of nitriles is 1. The van der Waals surface area contributed by atoms with Crippen molar-refractivity contribution in [1.82, 2.24) is 29.8 Å². The first-order valence-electron chi connectivity index (χ1n) is 20.4. The van der Waals surface area contributed by atoms with Crippen molar-refractivity contribution in [3.05, 3.63) is 47.5 Å². The zero-order chi connectivity index (χ0) is 44.9. The maximum atomic E-state index is 14.5. The predicted molar refractivity (Wildman–Crippen MR) is 220 cm³/mol. The normalized spacial score (nSPS) is 23.0. The van der Waals surface area contributed by atoms with Crippen LogP contribution >= 0.6 is 12.2 Å². The number of carbonyl (C=O) groups is 4. The summed E-state index contributed by atoms with van der Waals surface area (Å²) in [5.41, 5.74) is -2.13. The van der Waals surface area contributed by atoms with E-state index in [2.05, 4.69) is 15.7 Å². The van der Waals surface area contributed by atoms with E-state index >= 15 is 0 Å². The molecule has 4 aliphatic rings. The van der Waals surface area contributed by atoms with Crippen molar-refractivity contribution in [2.75, 3.05) is 54.4 Å². The molecule has 0 spiro atoms. The van der Waals surface area contributed by atoms with Crippen LogP contribution in [0.25, 0.3) is 10.9 Å². The molecule has 7 rings (SSSR count). The van der Waals surface area contributed by atoms with Gasteiger partial charge in [0.2, 0.25) is 11.8 Å². The second-order valence-electron chi connectivity index (χ2n) is 16.8. The number of alkyl halides is 6. The van der Waals surface area contributed by atoms with Gasteiger partial charge in [-0.15, -0.1) is 0 Å². The molecule has 1 saturated carbocycles. The van der Waals surface area contributed by atoms with Crippen LogP contribution in [0.3, 0.4) is 0 Å². The Balaban J connectivity index is 0.910. The molecule has 62 heavy (non-hydrogen) atoms. The highest BCUT2D eigenvalue weighted by atomic mass is 32.1. The van der Waals surface area contributed by atoms with Crippen LogP contribution in [0.4, 0.5) is 48.3 Å². The number of thiocarbonyl (C=S) groups is 1. The molecule has 4 heterocycles. The van der Waals surface area contributed by atoms with Gasteiger partial charge in [-0.2, -0.15) is 36.7 Å². The fraction of sp³-hybridized carbons (Fsp3) is 0.537. The van der Waals surface area contributed by atoms with E-state index in [1.54, 1.807) is 55.0 Å². The Morgan fingerprint density at radius 2 is 1.76 bits per heavy atom. The van der Waals surface area contributed by atoms with Crippen LogP contribution in [0.15, 0.2) is 36.4 Å². The first-order chi connectivity index (χ1) is 29.2. The summed E-state index contributed by atoms with van der Waals surface area (Å²) < 4.78 is 86.2. The highest BCUT2D eigenvalue weighted by Gasteiger charge is 2.53. The van der Waals surface area contributed by atoms with Crippen LogP contribution in [0.2, 0.25) is 0 Å². The standard InChI is InChI=1S/C41H46F6N10O4S/c1-39(2)36(60)56(27-14-11-25(21-48)29(20-27)40(42,43)44)38(62)57(39)26-12-9-24(10-13-26)6-5-16-53-18-19-54(31(22-53)41(45,46)47)23-33(59)49-30-8-4-7-28-34(30)52(3)51-35(28)55-17-15-32(58)50-37(55)61/h4,7-8,11,14,20,24,26,31H,5-6,9-10,12-13,15-19,22-23H2,1-3H3,(H,49,59)(H,50,58,61)/t24-,26-,31-/m1/s1. The lowest BCUT2D eigenvalue weighted by atomic mass is 9.82. The molecule has 0 unspecified atom stereocenters. The number of aryl methyl sites for hydroxylation is 1. The summed E-state index contributed by atoms with van der Waals surface area (Å²) in [5.74, 6) is -0.945. The summed E-state index contributed by atoms with van der Waals surface area (Å²) in [7, 11) is 1.61. The number of hydrogen-bond acceptors (Lipinski definition) is 9. The van der Waals surface area contributed by atoms with E-state index in [0.717, 1.165) is 41.2 Å². The van der Waals surface area contributed by atoms with Gasteiger partial charge in [0.1, 0.15) is 11.6 Å². The van der Waals surface area contributed by atoms with E-state index in [-0.39, 0.29) is 54.6 Å². The van der Waals surface area contributed by atoms with Crippen molar-refractivity contribution >= 4 is 69.2 Å². The number of anilines is 3. The zero-order valence-electron chi connectivity index (χ0n) is 34.3. The van der Waals surface area contributed by atoms with Crippen molar-refractivity contribution in [1.29, 1.82) is 5.26 Å². The largest absolute Gasteiger partial charge is 0.417 e. The van der Waals surface area contributed by atoms with Crippen LogP contribution in [0, 0.1) is 17.2 Å². The Morgan fingerprint density at radius 3 is 2.42 bits per heavy atom. The number of rotatable bonds is 10. The molecule has 4 fully saturated rings. The third kappa shape index (κ3) is 8.81. The maximum Gasteiger partial charge on any atom is 0.417 e. The summed E-state index contributed by atoms with van der Waals surface area (Å²) in [4.78, 5) is 58.3. The third-order valence-corrected chi connectivity index (χ3v) is 12.8. The summed E-state index contributed by atoms with van der Waals surface area (Å²) in [6.07, 6.45) is -4.99. The van der Waals surface area contributed by atoms with Gasteiger partial charge in [0.25, 0.3) is 5.91 Å². The monoisotopic (exact) mass is 888 g/mol. The van der Waals surface area contributed by atoms with Gasteiger partial charge in [-0.3, -0.25) is 39.1 Å². The molecule has 3 aliphatic heterocycles. The van der Waals surface area contributed by atoms with Gasteiger partial charge in [-0.05, 0) is 107 Å². The lowest BCUT2D eigenvalue weighted by molar-refractivity contribution is -0.197. The smallest absolute Gasteiger partial charge is 0.331 e. The molecule has 21 heteroatoms. The third-order valence-electron chi connectivity index (χ3n) is 12.4. The van der Waals surface area contributed by atoms with E-state index in [9.17, 15) is 50.8 Å². The number of urea groups is 1. The van der Waals surface area contributed by atoms with Gasteiger partial charge >= 0.3 is 18.4 Å². The van der Waals surface area contributed by atoms with Gasteiger partial charge in [0.15, 0.2) is 10.9 Å². The number of aromatic nitrogens is 2. The molecule has 14 nitrogen and oxygen atoms in total. The molecule has 1 atom stereocenters. The molecule has 2 aromatic carbocycles. The average molecular weight is 889 g/mol. The van der Waals surface area contributed by atoms with Crippen LogP contribution in [0.1, 0.15) is 69.9 Å². The first-order valence-corrected chi connectivity index (χ1v) is 20.8. The number of para-hydroxylation sites is 1. The Hall–Kier alpha value is -5.33. The van der Waals surface area contributed by atoms with Crippen molar-refractivity contribution < 1.29 is 45.5 Å². The summed E-state index contributed by atoms with van der Waals surface area (Å²) in [6.45, 7) is 3.50. The number of amides is 5. The molecule has 5 amide bonds. The van der Waals surface area contributed by atoms with Crippen molar-refractivity contribution in [3.63, 3.8) is 0 Å². The highest BCUT2D eigenvalue weighted by molar-refractivity contribution is 7.80. The van der Waals surface area contributed by atoms with Gasteiger partial charge in [0, 0.05) is 51.1 Å². The number of nitrogens with one attached hydrogen (secondary N) is 2. The molecular weight excluding hydrogens is 843 g/mol. The highest BCUT2D eigenvalue weighted by Crippen LogP contribution is 2.42. The fourth-order valence-electron chi connectivity index (χ4n) is 9.29. The van der Waals surface area contributed by atoms with Gasteiger partial charge < -0.3 is 15.1 Å². The average Bonchev–Trinajstić information content (AvgIpc) is 3.63. The first kappa shape index (κ1) is 44.7. The van der Waals surface area contributed by atoms with E-state index in [1.807, 2.05) is 0 Å². The molecule has 0 bridgehead atoms. The van der Waals surface area contributed by atoms with Crippen molar-refractivity contribution in [2.45, 2.75) is 88.8 Å². The lowest BCUT2D eigenvalue weighted by Crippen LogP contribution is -2.60. The number of imide groups is 1.